The first-order valence-electron chi connectivity index (χ1n) is 8.11. The van der Waals surface area contributed by atoms with Gasteiger partial charge in [0, 0.05) is 9.92 Å². The number of benzene rings is 2. The zero-order chi connectivity index (χ0) is 18.4. The summed E-state index contributed by atoms with van der Waals surface area (Å²) in [7, 11) is 0. The molecule has 0 saturated carbocycles. The van der Waals surface area contributed by atoms with E-state index in [0.717, 1.165) is 10.5 Å². The SMILES string of the molecule is C[C@@H](Sc1ccc(Cl)cc1)C(=O)N/N=C\c1ccc(C(C)(C)C)cc1. The van der Waals surface area contributed by atoms with Gasteiger partial charge < -0.3 is 0 Å². The van der Waals surface area contributed by atoms with Crippen molar-refractivity contribution in [1.29, 1.82) is 0 Å². The number of carbonyl (C=O) groups is 1. The van der Waals surface area contributed by atoms with Gasteiger partial charge in [-0.3, -0.25) is 4.79 Å². The molecule has 2 aromatic rings. The minimum atomic E-state index is -0.249. The Bertz CT molecular complexity index is 734. The summed E-state index contributed by atoms with van der Waals surface area (Å²) < 4.78 is 0. The van der Waals surface area contributed by atoms with Crippen molar-refractivity contribution >= 4 is 35.5 Å². The molecule has 0 aliphatic rings. The quantitative estimate of drug-likeness (QED) is 0.440. The van der Waals surface area contributed by atoms with E-state index in [-0.39, 0.29) is 16.6 Å². The van der Waals surface area contributed by atoms with Crippen LogP contribution in [-0.4, -0.2) is 17.4 Å². The molecule has 25 heavy (non-hydrogen) atoms. The summed E-state index contributed by atoms with van der Waals surface area (Å²) in [6, 6.07) is 15.6. The Labute approximate surface area is 158 Å². The lowest BCUT2D eigenvalue weighted by atomic mass is 9.87. The average molecular weight is 375 g/mol. The van der Waals surface area contributed by atoms with Gasteiger partial charge in [0.25, 0.3) is 5.91 Å². The van der Waals surface area contributed by atoms with Gasteiger partial charge in [0.15, 0.2) is 0 Å². The fourth-order valence-electron chi connectivity index (χ4n) is 2.10. The molecule has 132 valence electrons. The lowest BCUT2D eigenvalue weighted by Crippen LogP contribution is -2.26. The maximum Gasteiger partial charge on any atom is 0.253 e. The molecule has 2 aromatic carbocycles. The number of thioether (sulfide) groups is 1. The van der Waals surface area contributed by atoms with Crippen LogP contribution in [0.1, 0.15) is 38.8 Å². The highest BCUT2D eigenvalue weighted by Gasteiger charge is 2.14. The summed E-state index contributed by atoms with van der Waals surface area (Å²) in [6.45, 7) is 8.38. The average Bonchev–Trinajstić information content (AvgIpc) is 2.56. The van der Waals surface area contributed by atoms with Gasteiger partial charge in [-0.1, -0.05) is 56.6 Å². The van der Waals surface area contributed by atoms with Crippen molar-refractivity contribution in [3.63, 3.8) is 0 Å². The highest BCUT2D eigenvalue weighted by molar-refractivity contribution is 8.00. The largest absolute Gasteiger partial charge is 0.272 e. The van der Waals surface area contributed by atoms with Crippen molar-refractivity contribution < 1.29 is 4.79 Å². The minimum Gasteiger partial charge on any atom is -0.272 e. The molecule has 0 aliphatic heterocycles. The van der Waals surface area contributed by atoms with Crippen molar-refractivity contribution in [2.24, 2.45) is 5.10 Å². The third-order valence-corrected chi connectivity index (χ3v) is 5.02. The Kier molecular flexibility index (Phi) is 6.68. The van der Waals surface area contributed by atoms with Crippen LogP contribution in [0.4, 0.5) is 0 Å². The molecule has 0 radical (unpaired) electrons. The molecule has 1 amide bonds. The predicted molar refractivity (Wildman–Crippen MR) is 108 cm³/mol. The van der Waals surface area contributed by atoms with Crippen LogP contribution >= 0.6 is 23.4 Å². The molecule has 0 fully saturated rings. The Balaban J connectivity index is 1.88. The highest BCUT2D eigenvalue weighted by atomic mass is 35.5. The smallest absolute Gasteiger partial charge is 0.253 e. The molecule has 0 aromatic heterocycles. The number of nitrogens with zero attached hydrogens (tertiary/aromatic N) is 1. The van der Waals surface area contributed by atoms with Gasteiger partial charge in [-0.15, -0.1) is 11.8 Å². The van der Waals surface area contributed by atoms with Gasteiger partial charge >= 0.3 is 0 Å². The molecular formula is C20H23ClN2OS. The van der Waals surface area contributed by atoms with Gasteiger partial charge in [0.05, 0.1) is 11.5 Å². The number of nitrogens with one attached hydrogen (secondary N) is 1. The maximum atomic E-state index is 12.1. The van der Waals surface area contributed by atoms with E-state index >= 15 is 0 Å². The fraction of sp³-hybridized carbons (Fsp3) is 0.300. The van der Waals surface area contributed by atoms with E-state index in [1.54, 1.807) is 6.21 Å². The molecule has 0 heterocycles. The van der Waals surface area contributed by atoms with Gasteiger partial charge in [-0.25, -0.2) is 5.43 Å². The Morgan fingerprint density at radius 3 is 2.28 bits per heavy atom. The molecule has 2 rings (SSSR count). The van der Waals surface area contributed by atoms with E-state index in [1.165, 1.54) is 17.3 Å². The van der Waals surface area contributed by atoms with Crippen LogP contribution in [-0.2, 0) is 10.2 Å². The molecular weight excluding hydrogens is 352 g/mol. The topological polar surface area (TPSA) is 41.5 Å². The minimum absolute atomic E-state index is 0.123. The first-order valence-corrected chi connectivity index (χ1v) is 9.37. The molecule has 0 spiro atoms. The number of halogens is 1. The Hall–Kier alpha value is -1.78. The molecule has 1 atom stereocenters. The standard InChI is InChI=1S/C20H23ClN2OS/c1-14(25-18-11-9-17(21)10-12-18)19(24)23-22-13-15-5-7-16(8-6-15)20(2,3)4/h5-14H,1-4H3,(H,23,24)/b22-13-/t14-/m1/s1. The molecule has 0 saturated heterocycles. The second kappa shape index (κ2) is 8.54. The summed E-state index contributed by atoms with van der Waals surface area (Å²) in [6.07, 6.45) is 1.66. The second-order valence-electron chi connectivity index (χ2n) is 6.82. The van der Waals surface area contributed by atoms with Crippen LogP contribution in [0.25, 0.3) is 0 Å². The second-order valence-corrected chi connectivity index (χ2v) is 8.67. The first kappa shape index (κ1) is 19.5. The summed E-state index contributed by atoms with van der Waals surface area (Å²) in [5, 5.41) is 4.49. The lowest BCUT2D eigenvalue weighted by Gasteiger charge is -2.18. The summed E-state index contributed by atoms with van der Waals surface area (Å²) in [5.41, 5.74) is 4.93. The zero-order valence-electron chi connectivity index (χ0n) is 14.9. The van der Waals surface area contributed by atoms with Gasteiger partial charge in [-0.2, -0.15) is 5.10 Å². The number of rotatable bonds is 5. The number of hydrogen-bond donors (Lipinski definition) is 1. The van der Waals surface area contributed by atoms with E-state index in [2.05, 4.69) is 43.4 Å². The third kappa shape index (κ3) is 6.22. The predicted octanol–water partition coefficient (Wildman–Crippen LogP) is 5.27. The van der Waals surface area contributed by atoms with Crippen LogP contribution in [0, 0.1) is 0 Å². The van der Waals surface area contributed by atoms with E-state index in [9.17, 15) is 4.79 Å². The molecule has 0 bridgehead atoms. The van der Waals surface area contributed by atoms with E-state index < -0.39 is 0 Å². The van der Waals surface area contributed by atoms with Crippen LogP contribution in [0.5, 0.6) is 0 Å². The van der Waals surface area contributed by atoms with Gasteiger partial charge in [0.1, 0.15) is 0 Å². The van der Waals surface area contributed by atoms with Crippen molar-refractivity contribution in [2.45, 2.75) is 43.3 Å². The summed E-state index contributed by atoms with van der Waals surface area (Å²) in [5.74, 6) is -0.137. The molecule has 0 aliphatic carbocycles. The van der Waals surface area contributed by atoms with E-state index in [4.69, 9.17) is 11.6 Å². The van der Waals surface area contributed by atoms with Crippen molar-refractivity contribution in [2.75, 3.05) is 0 Å². The third-order valence-electron chi connectivity index (χ3n) is 3.66. The summed E-state index contributed by atoms with van der Waals surface area (Å²) >= 11 is 7.33. The van der Waals surface area contributed by atoms with Crippen molar-refractivity contribution in [3.8, 4) is 0 Å². The Morgan fingerprint density at radius 1 is 1.12 bits per heavy atom. The molecule has 0 unspecified atom stereocenters. The molecule has 5 heteroatoms. The number of amides is 1. The van der Waals surface area contributed by atoms with E-state index in [1.807, 2.05) is 43.3 Å². The van der Waals surface area contributed by atoms with E-state index in [0.29, 0.717) is 5.02 Å². The summed E-state index contributed by atoms with van der Waals surface area (Å²) in [4.78, 5) is 13.1. The first-order chi connectivity index (χ1) is 11.8. The number of hydrogen-bond acceptors (Lipinski definition) is 3. The van der Waals surface area contributed by atoms with Crippen LogP contribution < -0.4 is 5.43 Å². The monoisotopic (exact) mass is 374 g/mol. The molecule has 1 N–H and O–H groups in total. The van der Waals surface area contributed by atoms with Gasteiger partial charge in [-0.05, 0) is 47.7 Å². The van der Waals surface area contributed by atoms with Crippen LogP contribution in [0.15, 0.2) is 58.5 Å². The van der Waals surface area contributed by atoms with Crippen LogP contribution in [0.3, 0.4) is 0 Å². The maximum absolute atomic E-state index is 12.1. The van der Waals surface area contributed by atoms with Crippen molar-refractivity contribution in [1.82, 2.24) is 5.43 Å². The van der Waals surface area contributed by atoms with Crippen LogP contribution in [0.2, 0.25) is 5.02 Å². The zero-order valence-corrected chi connectivity index (χ0v) is 16.5. The lowest BCUT2D eigenvalue weighted by molar-refractivity contribution is -0.120. The highest BCUT2D eigenvalue weighted by Crippen LogP contribution is 2.25. The normalized spacial score (nSPS) is 13.0. The van der Waals surface area contributed by atoms with Crippen molar-refractivity contribution in [3.05, 3.63) is 64.7 Å². The Morgan fingerprint density at radius 2 is 1.72 bits per heavy atom. The number of carbonyl (C=O) groups excluding carboxylic acids is 1. The van der Waals surface area contributed by atoms with Gasteiger partial charge in [0.2, 0.25) is 0 Å². The molecule has 3 nitrogen and oxygen atoms in total. The fourth-order valence-corrected chi connectivity index (χ4v) is 3.09. The number of hydrazone groups is 1.